The van der Waals surface area contributed by atoms with Crippen LogP contribution in [0.3, 0.4) is 0 Å². The molecule has 32 heavy (non-hydrogen) atoms. The van der Waals surface area contributed by atoms with Crippen LogP contribution in [-0.4, -0.2) is 65.9 Å². The summed E-state index contributed by atoms with van der Waals surface area (Å²) in [5.74, 6) is 0. The smallest absolute Gasteiger partial charge is 0.362 e. The number of nitrogens with zero attached hydrogens (tertiary/aromatic N) is 2. The molecule has 0 aromatic carbocycles. The maximum absolute atomic E-state index is 12.9. The van der Waals surface area contributed by atoms with E-state index in [1.54, 1.807) is 19.9 Å². The Labute approximate surface area is 190 Å². The molecule has 2 fully saturated rings. The lowest BCUT2D eigenvalue weighted by Crippen LogP contribution is -2.39. The van der Waals surface area contributed by atoms with E-state index in [0.29, 0.717) is 34.2 Å². The normalized spacial score (nSPS) is 33.7. The van der Waals surface area contributed by atoms with Gasteiger partial charge in [-0.25, -0.2) is 4.98 Å². The third kappa shape index (κ3) is 4.17. The molecule has 0 radical (unpaired) electrons. The third-order valence-corrected chi connectivity index (χ3v) is 9.08. The molecule has 4 rings (SSSR count). The Morgan fingerprint density at radius 1 is 1.34 bits per heavy atom. The van der Waals surface area contributed by atoms with Gasteiger partial charge >= 0.3 is 7.60 Å². The van der Waals surface area contributed by atoms with E-state index in [9.17, 15) is 19.7 Å². The lowest BCUT2D eigenvalue weighted by molar-refractivity contribution is -0.0484. The van der Waals surface area contributed by atoms with Crippen LogP contribution in [0, 0.1) is 4.64 Å². The fourth-order valence-corrected chi connectivity index (χ4v) is 6.06. The van der Waals surface area contributed by atoms with Crippen LogP contribution in [0.4, 0.5) is 0 Å². The van der Waals surface area contributed by atoms with Gasteiger partial charge < -0.3 is 34.1 Å². The summed E-state index contributed by atoms with van der Waals surface area (Å²) in [5.41, 5.74) is 0.437. The van der Waals surface area contributed by atoms with Gasteiger partial charge in [-0.1, -0.05) is 26.1 Å². The average Bonchev–Trinajstić information content (AvgIpc) is 3.52. The highest BCUT2D eigenvalue weighted by molar-refractivity contribution is 7.71. The molecule has 0 saturated carbocycles. The highest BCUT2D eigenvalue weighted by Crippen LogP contribution is 2.66. The van der Waals surface area contributed by atoms with E-state index < -0.39 is 43.0 Å². The van der Waals surface area contributed by atoms with E-state index in [0.717, 1.165) is 0 Å². The van der Waals surface area contributed by atoms with Crippen LogP contribution < -0.4 is 0 Å². The largest absolute Gasteiger partial charge is 0.388 e. The van der Waals surface area contributed by atoms with Gasteiger partial charge in [0.25, 0.3) is 0 Å². The van der Waals surface area contributed by atoms with Crippen LogP contribution in [-0.2, 0) is 18.6 Å². The van der Waals surface area contributed by atoms with Crippen LogP contribution >= 0.6 is 19.8 Å². The number of aromatic amines is 1. The minimum Gasteiger partial charge on any atom is -0.388 e. The first-order valence-electron chi connectivity index (χ1n) is 10.6. The van der Waals surface area contributed by atoms with E-state index in [2.05, 4.69) is 15.0 Å². The van der Waals surface area contributed by atoms with Crippen LogP contribution in [0.15, 0.2) is 18.5 Å². The maximum Gasteiger partial charge on any atom is 0.362 e. The number of nitrogens with one attached hydrogen (secondary N) is 1. The highest BCUT2D eigenvalue weighted by Gasteiger charge is 2.61. The first-order valence-corrected chi connectivity index (χ1v) is 12.6. The number of hydrogen-bond acceptors (Lipinski definition) is 9. The van der Waals surface area contributed by atoms with Gasteiger partial charge in [0, 0.05) is 24.4 Å². The number of pyridine rings is 1. The Bertz CT molecular complexity index is 1110. The van der Waals surface area contributed by atoms with Crippen molar-refractivity contribution in [1.29, 1.82) is 0 Å². The predicted molar refractivity (Wildman–Crippen MR) is 118 cm³/mol. The van der Waals surface area contributed by atoms with Crippen molar-refractivity contribution in [2.75, 3.05) is 6.61 Å². The summed E-state index contributed by atoms with van der Waals surface area (Å²) in [7, 11) is -4.08. The molecule has 0 spiro atoms. The molecule has 2 aliphatic rings. The number of ether oxygens (including phenoxy) is 2. The number of aliphatic hydroxyl groups is 2. The van der Waals surface area contributed by atoms with Crippen LogP contribution in [0.5, 0.6) is 0 Å². The molecule has 10 nitrogen and oxygen atoms in total. The van der Waals surface area contributed by atoms with Crippen molar-refractivity contribution in [1.82, 2.24) is 15.0 Å². The Morgan fingerprint density at radius 2 is 2.03 bits per heavy atom. The van der Waals surface area contributed by atoms with Crippen molar-refractivity contribution < 1.29 is 33.7 Å². The van der Waals surface area contributed by atoms with E-state index in [4.69, 9.17) is 26.2 Å². The molecule has 2 saturated heterocycles. The zero-order valence-corrected chi connectivity index (χ0v) is 19.8. The summed E-state index contributed by atoms with van der Waals surface area (Å²) >= 11 is 5.41. The average molecular weight is 485 g/mol. The number of rotatable bonds is 8. The molecule has 0 amide bonds. The summed E-state index contributed by atoms with van der Waals surface area (Å²) in [6, 6.07) is 1.68. The quantitative estimate of drug-likeness (QED) is 0.250. The molecule has 12 heteroatoms. The molecule has 0 bridgehead atoms. The summed E-state index contributed by atoms with van der Waals surface area (Å²) in [6.07, 6.45) is -0.330. The number of epoxide rings is 1. The van der Waals surface area contributed by atoms with Crippen molar-refractivity contribution in [3.05, 3.63) is 28.7 Å². The number of aliphatic hydroxyl groups excluding tert-OH is 2. The van der Waals surface area contributed by atoms with Crippen molar-refractivity contribution in [3.8, 4) is 0 Å². The molecule has 7 atom stereocenters. The van der Waals surface area contributed by atoms with E-state index in [1.807, 2.05) is 6.92 Å². The van der Waals surface area contributed by atoms with Gasteiger partial charge in [-0.3, -0.25) is 9.55 Å². The fourth-order valence-electron chi connectivity index (χ4n) is 4.03. The summed E-state index contributed by atoms with van der Waals surface area (Å²) in [4.78, 5) is 21.9. The van der Waals surface area contributed by atoms with Crippen molar-refractivity contribution in [2.45, 2.75) is 75.4 Å². The lowest BCUT2D eigenvalue weighted by atomic mass is 9.92. The van der Waals surface area contributed by atoms with Gasteiger partial charge in [-0.2, -0.15) is 0 Å². The monoisotopic (exact) mass is 485 g/mol. The Balaban J connectivity index is 1.56. The second kappa shape index (κ2) is 8.48. The minimum absolute atomic E-state index is 0.0897. The summed E-state index contributed by atoms with van der Waals surface area (Å²) < 4.78 is 30.2. The Hall–Kier alpha value is -1.30. The zero-order chi connectivity index (χ0) is 23.3. The predicted octanol–water partition coefficient (Wildman–Crippen LogP) is 2.75. The van der Waals surface area contributed by atoms with Crippen LogP contribution in [0.25, 0.3) is 11.2 Å². The van der Waals surface area contributed by atoms with Gasteiger partial charge in [0.15, 0.2) is 11.0 Å². The molecule has 176 valence electrons. The molecule has 4 heterocycles. The van der Waals surface area contributed by atoms with Crippen LogP contribution in [0.2, 0.25) is 0 Å². The molecular formula is C20H28N3O7PS. The molecule has 2 aromatic rings. The molecule has 4 N–H and O–H groups in total. The van der Waals surface area contributed by atoms with E-state index in [1.165, 1.54) is 12.4 Å². The van der Waals surface area contributed by atoms with E-state index in [-0.39, 0.29) is 13.0 Å². The van der Waals surface area contributed by atoms with Crippen LogP contribution in [0.1, 0.15) is 51.7 Å². The molecule has 2 aromatic heterocycles. The number of aromatic nitrogens is 3. The minimum atomic E-state index is -4.08. The summed E-state index contributed by atoms with van der Waals surface area (Å²) in [6.45, 7) is 5.45. The fraction of sp³-hybridized carbons (Fsp3) is 0.650. The molecule has 2 aliphatic heterocycles. The second-order valence-corrected chi connectivity index (χ2v) is 11.1. The Morgan fingerprint density at radius 3 is 2.66 bits per heavy atom. The lowest BCUT2D eigenvalue weighted by Gasteiger charge is -2.35. The number of H-pyrrole nitrogens is 1. The van der Waals surface area contributed by atoms with Crippen molar-refractivity contribution in [2.24, 2.45) is 0 Å². The van der Waals surface area contributed by atoms with Gasteiger partial charge in [-0.05, 0) is 25.8 Å². The topological polar surface area (TPSA) is 150 Å². The Kier molecular flexibility index (Phi) is 6.32. The second-order valence-electron chi connectivity index (χ2n) is 8.63. The number of hydrogen-bond donors (Lipinski definition) is 4. The van der Waals surface area contributed by atoms with Gasteiger partial charge in [0.05, 0.1) is 18.3 Å². The highest BCUT2D eigenvalue weighted by atomic mass is 32.1. The summed E-state index contributed by atoms with van der Waals surface area (Å²) in [5, 5.41) is 20.3. The molecule has 7 unspecified atom stereocenters. The molecular weight excluding hydrogens is 457 g/mol. The van der Waals surface area contributed by atoms with Crippen molar-refractivity contribution >= 4 is 31.0 Å². The maximum atomic E-state index is 12.9. The third-order valence-electron chi connectivity index (χ3n) is 6.45. The van der Waals surface area contributed by atoms with Gasteiger partial charge in [-0.15, -0.1) is 0 Å². The standard InChI is InChI=1S/C20H28N3O7PS/c1-4-19(3,30-31(26,27)20(5-2)10-28-20)9-13-14(24)15(25)16(29-13)11-8-12-17(23-18(11)32)22-7-6-21-12/h6-8,13-16,24-25H,4-5,9-10H2,1-3H3,(H,26,27)(H,22,23,32). The van der Waals surface area contributed by atoms with Gasteiger partial charge in [0.1, 0.15) is 28.5 Å². The zero-order valence-electron chi connectivity index (χ0n) is 18.1. The van der Waals surface area contributed by atoms with E-state index >= 15 is 0 Å². The van der Waals surface area contributed by atoms with Crippen molar-refractivity contribution in [3.63, 3.8) is 0 Å². The number of fused-ring (bicyclic) bond motifs is 1. The first kappa shape index (κ1) is 23.8. The SMILES string of the molecule is CCC(C)(CC1OC(c2cc3nccnc3[nH]c2=S)C(O)C1O)OP(=O)(O)C1(CC)CO1. The first-order chi connectivity index (χ1) is 15.0. The molecule has 0 aliphatic carbocycles. The van der Waals surface area contributed by atoms with Gasteiger partial charge in [0.2, 0.25) is 0 Å².